The van der Waals surface area contributed by atoms with Crippen LogP contribution in [0.25, 0.3) is 11.1 Å². The lowest BCUT2D eigenvalue weighted by molar-refractivity contribution is -0.159. The number of carbonyl (C=O) groups is 2. The van der Waals surface area contributed by atoms with Gasteiger partial charge in [0.1, 0.15) is 6.61 Å². The first-order valence-corrected chi connectivity index (χ1v) is 10.4. The molecular weight excluding hydrogens is 414 g/mol. The number of aliphatic carboxylic acids is 1. The van der Waals surface area contributed by atoms with Gasteiger partial charge in [0.15, 0.2) is 5.92 Å². The Labute approximate surface area is 185 Å². The van der Waals surface area contributed by atoms with E-state index in [0.29, 0.717) is 10.6 Å². The molecule has 1 aliphatic carbocycles. The molecule has 0 bridgehead atoms. The van der Waals surface area contributed by atoms with Crippen LogP contribution in [0, 0.1) is 5.92 Å². The van der Waals surface area contributed by atoms with E-state index in [1.165, 1.54) is 0 Å². The number of esters is 1. The van der Waals surface area contributed by atoms with Crippen molar-refractivity contribution in [1.29, 1.82) is 0 Å². The maximum Gasteiger partial charge on any atom is 0.321 e. The fraction of sp³-hybridized carbons (Fsp3) is 0.200. The van der Waals surface area contributed by atoms with Crippen LogP contribution in [-0.2, 0) is 20.7 Å². The highest BCUT2D eigenvalue weighted by Crippen LogP contribution is 2.44. The van der Waals surface area contributed by atoms with Crippen molar-refractivity contribution in [2.45, 2.75) is 18.4 Å². The molecule has 0 fully saturated rings. The molecule has 2 atom stereocenters. The van der Waals surface area contributed by atoms with Crippen LogP contribution in [0.3, 0.4) is 0 Å². The molecule has 4 rings (SSSR count). The topological polar surface area (TPSA) is 89.6 Å². The summed E-state index contributed by atoms with van der Waals surface area (Å²) in [6.07, 6.45) is 0.154. The SMILES string of the molecule is N[C@H](Cc1ccccc1Cl)[C@@H](C(=O)O)C(=O)OCC1c2ccccc2-c2ccccc21. The van der Waals surface area contributed by atoms with Crippen molar-refractivity contribution in [2.24, 2.45) is 11.7 Å². The normalized spacial score (nSPS) is 14.4. The molecule has 0 heterocycles. The number of halogens is 1. The number of hydrogen-bond acceptors (Lipinski definition) is 4. The number of ether oxygens (including phenoxy) is 1. The molecule has 0 saturated carbocycles. The molecule has 0 aromatic heterocycles. The van der Waals surface area contributed by atoms with Gasteiger partial charge in [0.2, 0.25) is 0 Å². The monoisotopic (exact) mass is 435 g/mol. The first-order chi connectivity index (χ1) is 15.0. The zero-order chi connectivity index (χ0) is 22.0. The molecule has 0 aliphatic heterocycles. The van der Waals surface area contributed by atoms with Gasteiger partial charge in [0, 0.05) is 17.0 Å². The largest absolute Gasteiger partial charge is 0.481 e. The molecule has 158 valence electrons. The Morgan fingerprint density at radius 3 is 2.06 bits per heavy atom. The first-order valence-electron chi connectivity index (χ1n) is 10.0. The lowest BCUT2D eigenvalue weighted by atomic mass is 9.94. The highest BCUT2D eigenvalue weighted by atomic mass is 35.5. The minimum absolute atomic E-state index is 0.0510. The van der Waals surface area contributed by atoms with Crippen LogP contribution >= 0.6 is 11.6 Å². The second kappa shape index (κ2) is 8.92. The van der Waals surface area contributed by atoms with Crippen LogP contribution in [0.15, 0.2) is 72.8 Å². The molecule has 3 aromatic carbocycles. The zero-order valence-corrected chi connectivity index (χ0v) is 17.5. The van der Waals surface area contributed by atoms with E-state index in [1.807, 2.05) is 48.5 Å². The van der Waals surface area contributed by atoms with Gasteiger partial charge in [0.25, 0.3) is 0 Å². The van der Waals surface area contributed by atoms with Crippen LogP contribution in [0.1, 0.15) is 22.6 Å². The minimum atomic E-state index is -1.48. The number of benzene rings is 3. The Bertz CT molecular complexity index is 1080. The number of carboxylic acid groups (broad SMARTS) is 1. The molecule has 1 aliphatic rings. The predicted molar refractivity (Wildman–Crippen MR) is 119 cm³/mol. The van der Waals surface area contributed by atoms with Gasteiger partial charge >= 0.3 is 11.9 Å². The first kappa shape index (κ1) is 21.1. The minimum Gasteiger partial charge on any atom is -0.481 e. The number of hydrogen-bond donors (Lipinski definition) is 2. The van der Waals surface area contributed by atoms with Crippen molar-refractivity contribution in [3.63, 3.8) is 0 Å². The van der Waals surface area contributed by atoms with E-state index in [0.717, 1.165) is 22.3 Å². The third-order valence-corrected chi connectivity index (χ3v) is 6.09. The van der Waals surface area contributed by atoms with E-state index in [2.05, 4.69) is 0 Å². The summed E-state index contributed by atoms with van der Waals surface area (Å²) < 4.78 is 5.52. The number of fused-ring (bicyclic) bond motifs is 3. The third kappa shape index (κ3) is 4.20. The van der Waals surface area contributed by atoms with Crippen LogP contribution < -0.4 is 5.73 Å². The maximum absolute atomic E-state index is 12.8. The summed E-state index contributed by atoms with van der Waals surface area (Å²) in [5.41, 5.74) is 11.1. The van der Waals surface area contributed by atoms with Crippen LogP contribution in [0.2, 0.25) is 5.02 Å². The van der Waals surface area contributed by atoms with E-state index >= 15 is 0 Å². The summed E-state index contributed by atoms with van der Waals surface area (Å²) in [5, 5.41) is 10.1. The quantitative estimate of drug-likeness (QED) is 0.427. The number of rotatable bonds is 7. The van der Waals surface area contributed by atoms with E-state index < -0.39 is 23.9 Å². The predicted octanol–water partition coefficient (Wildman–Crippen LogP) is 4.27. The maximum atomic E-state index is 12.8. The standard InChI is InChI=1S/C25H22ClNO4/c26-21-12-6-1-7-15(21)13-22(27)23(24(28)29)25(30)31-14-20-18-10-4-2-8-16(18)17-9-3-5-11-19(17)20/h1-12,20,22-23H,13-14,27H2,(H,28,29)/t22-,23+/m1/s1. The highest BCUT2D eigenvalue weighted by molar-refractivity contribution is 6.31. The lowest BCUT2D eigenvalue weighted by Crippen LogP contribution is -2.43. The molecule has 3 N–H and O–H groups in total. The molecule has 0 spiro atoms. The van der Waals surface area contributed by atoms with Gasteiger partial charge in [0.05, 0.1) is 0 Å². The molecule has 0 radical (unpaired) electrons. The molecule has 0 amide bonds. The van der Waals surface area contributed by atoms with Crippen LogP contribution in [-0.4, -0.2) is 29.7 Å². The van der Waals surface area contributed by atoms with Crippen molar-refractivity contribution >= 4 is 23.5 Å². The van der Waals surface area contributed by atoms with Gasteiger partial charge < -0.3 is 15.6 Å². The average molecular weight is 436 g/mol. The summed E-state index contributed by atoms with van der Waals surface area (Å²) in [6.45, 7) is 0.0510. The van der Waals surface area contributed by atoms with E-state index in [4.69, 9.17) is 22.1 Å². The number of nitrogens with two attached hydrogens (primary N) is 1. The van der Waals surface area contributed by atoms with Crippen LogP contribution in [0.4, 0.5) is 0 Å². The van der Waals surface area contributed by atoms with Gasteiger partial charge in [-0.25, -0.2) is 0 Å². The summed E-state index contributed by atoms with van der Waals surface area (Å²) in [7, 11) is 0. The van der Waals surface area contributed by atoms with Crippen molar-refractivity contribution in [3.05, 3.63) is 94.5 Å². The fourth-order valence-electron chi connectivity index (χ4n) is 4.19. The van der Waals surface area contributed by atoms with Crippen molar-refractivity contribution in [1.82, 2.24) is 0 Å². The van der Waals surface area contributed by atoms with Gasteiger partial charge in [-0.3, -0.25) is 9.59 Å². The molecule has 0 saturated heterocycles. The summed E-state index contributed by atoms with van der Waals surface area (Å²) in [5.74, 6) is -3.78. The summed E-state index contributed by atoms with van der Waals surface area (Å²) in [4.78, 5) is 24.6. The highest BCUT2D eigenvalue weighted by Gasteiger charge is 2.36. The van der Waals surface area contributed by atoms with E-state index in [9.17, 15) is 14.7 Å². The molecule has 3 aromatic rings. The fourth-order valence-corrected chi connectivity index (χ4v) is 4.40. The van der Waals surface area contributed by atoms with Gasteiger partial charge in [-0.05, 0) is 40.3 Å². The van der Waals surface area contributed by atoms with Crippen molar-refractivity contribution in [3.8, 4) is 11.1 Å². The van der Waals surface area contributed by atoms with Gasteiger partial charge in [-0.1, -0.05) is 78.3 Å². The number of carboxylic acids is 1. The summed E-state index contributed by atoms with van der Waals surface area (Å²) >= 11 is 6.16. The smallest absolute Gasteiger partial charge is 0.321 e. The Hall–Kier alpha value is -3.15. The lowest BCUT2D eigenvalue weighted by Gasteiger charge is -2.21. The third-order valence-electron chi connectivity index (χ3n) is 5.72. The van der Waals surface area contributed by atoms with Gasteiger partial charge in [-0.2, -0.15) is 0 Å². The van der Waals surface area contributed by atoms with E-state index in [-0.39, 0.29) is 18.9 Å². The zero-order valence-electron chi connectivity index (χ0n) is 16.7. The van der Waals surface area contributed by atoms with Crippen molar-refractivity contribution < 1.29 is 19.4 Å². The van der Waals surface area contributed by atoms with Crippen molar-refractivity contribution in [2.75, 3.05) is 6.61 Å². The Morgan fingerprint density at radius 1 is 0.935 bits per heavy atom. The number of carbonyl (C=O) groups excluding carboxylic acids is 1. The molecule has 0 unspecified atom stereocenters. The van der Waals surface area contributed by atoms with E-state index in [1.54, 1.807) is 24.3 Å². The molecule has 6 heteroatoms. The Balaban J connectivity index is 1.50. The van der Waals surface area contributed by atoms with Gasteiger partial charge in [-0.15, -0.1) is 0 Å². The molecular formula is C25H22ClNO4. The molecule has 5 nitrogen and oxygen atoms in total. The van der Waals surface area contributed by atoms with Crippen LogP contribution in [0.5, 0.6) is 0 Å². The second-order valence-corrected chi connectivity index (χ2v) is 8.04. The molecule has 31 heavy (non-hydrogen) atoms. The summed E-state index contributed by atoms with van der Waals surface area (Å²) in [6, 6.07) is 22.0. The average Bonchev–Trinajstić information content (AvgIpc) is 3.07. The Kier molecular flexibility index (Phi) is 6.07. The Morgan fingerprint density at radius 2 is 1.48 bits per heavy atom. The second-order valence-electron chi connectivity index (χ2n) is 7.63.